The molecule has 0 fully saturated rings. The number of thiazole rings is 1. The van der Waals surface area contributed by atoms with E-state index in [1.165, 1.54) is 12.1 Å². The molecule has 0 aliphatic rings. The molecule has 0 spiro atoms. The standard InChI is InChI=1S/C20H10F3NO3S2/c21-20(22,23)13-6-3-5-12(8-13)18(26)29-19-24-15(10-28-19)14-9-11-4-1-2-7-16(11)27-17(14)25/h1-10H. The Kier molecular flexibility index (Phi) is 5.01. The number of fused-ring (bicyclic) bond motifs is 1. The van der Waals surface area contributed by atoms with Gasteiger partial charge in [0.1, 0.15) is 5.58 Å². The third-order valence-electron chi connectivity index (χ3n) is 4.01. The lowest BCUT2D eigenvalue weighted by Crippen LogP contribution is -2.06. The molecular formula is C20H10F3NO3S2. The third-order valence-corrected chi connectivity index (χ3v) is 5.87. The Labute approximate surface area is 170 Å². The van der Waals surface area contributed by atoms with Crippen molar-refractivity contribution >= 4 is 39.2 Å². The molecule has 0 unspecified atom stereocenters. The monoisotopic (exact) mass is 433 g/mol. The Bertz CT molecular complexity index is 1280. The van der Waals surface area contributed by atoms with Crippen molar-refractivity contribution in [1.82, 2.24) is 4.98 Å². The second kappa shape index (κ2) is 7.49. The van der Waals surface area contributed by atoms with Crippen LogP contribution in [0.5, 0.6) is 0 Å². The molecule has 9 heteroatoms. The van der Waals surface area contributed by atoms with Crippen LogP contribution in [0.3, 0.4) is 0 Å². The van der Waals surface area contributed by atoms with Crippen LogP contribution in [0.1, 0.15) is 15.9 Å². The van der Waals surface area contributed by atoms with Crippen molar-refractivity contribution in [3.8, 4) is 11.3 Å². The molecule has 4 rings (SSSR count). The maximum absolute atomic E-state index is 12.8. The number of carbonyl (C=O) groups is 1. The third kappa shape index (κ3) is 4.10. The zero-order chi connectivity index (χ0) is 20.6. The highest BCUT2D eigenvalue weighted by atomic mass is 32.2. The van der Waals surface area contributed by atoms with Crippen molar-refractivity contribution < 1.29 is 22.4 Å². The van der Waals surface area contributed by atoms with Crippen LogP contribution in [-0.4, -0.2) is 10.1 Å². The zero-order valence-corrected chi connectivity index (χ0v) is 16.0. The number of halogens is 3. The maximum atomic E-state index is 12.8. The van der Waals surface area contributed by atoms with Gasteiger partial charge in [-0.2, -0.15) is 13.2 Å². The Morgan fingerprint density at radius 2 is 1.86 bits per heavy atom. The Hall–Kier alpha value is -2.91. The summed E-state index contributed by atoms with van der Waals surface area (Å²) in [5, 5.41) is 1.76. The lowest BCUT2D eigenvalue weighted by atomic mass is 10.1. The van der Waals surface area contributed by atoms with Crippen molar-refractivity contribution in [2.24, 2.45) is 0 Å². The van der Waals surface area contributed by atoms with E-state index in [0.29, 0.717) is 27.4 Å². The van der Waals surface area contributed by atoms with Gasteiger partial charge in [0.15, 0.2) is 4.34 Å². The molecule has 0 amide bonds. The van der Waals surface area contributed by atoms with Gasteiger partial charge in [0.25, 0.3) is 0 Å². The van der Waals surface area contributed by atoms with Crippen LogP contribution in [0.25, 0.3) is 22.2 Å². The number of para-hydroxylation sites is 1. The van der Waals surface area contributed by atoms with Gasteiger partial charge in [-0.25, -0.2) is 9.78 Å². The molecule has 4 nitrogen and oxygen atoms in total. The minimum Gasteiger partial charge on any atom is -0.422 e. The smallest absolute Gasteiger partial charge is 0.416 e. The van der Waals surface area contributed by atoms with Gasteiger partial charge in [-0.15, -0.1) is 11.3 Å². The summed E-state index contributed by atoms with van der Waals surface area (Å²) in [5.74, 6) is 0. The van der Waals surface area contributed by atoms with Gasteiger partial charge in [0, 0.05) is 16.3 Å². The van der Waals surface area contributed by atoms with E-state index in [4.69, 9.17) is 4.42 Å². The van der Waals surface area contributed by atoms with Crippen molar-refractivity contribution in [2.45, 2.75) is 10.5 Å². The molecule has 2 heterocycles. The van der Waals surface area contributed by atoms with E-state index in [0.717, 1.165) is 28.9 Å². The minimum atomic E-state index is -4.53. The quantitative estimate of drug-likeness (QED) is 0.299. The molecule has 2 aromatic carbocycles. The Morgan fingerprint density at radius 1 is 1.07 bits per heavy atom. The van der Waals surface area contributed by atoms with Crippen LogP contribution in [0.2, 0.25) is 0 Å². The van der Waals surface area contributed by atoms with Crippen LogP contribution < -0.4 is 5.63 Å². The van der Waals surface area contributed by atoms with Gasteiger partial charge < -0.3 is 4.42 Å². The predicted molar refractivity (Wildman–Crippen MR) is 105 cm³/mol. The fourth-order valence-electron chi connectivity index (χ4n) is 2.63. The topological polar surface area (TPSA) is 60.2 Å². The first-order chi connectivity index (χ1) is 13.8. The summed E-state index contributed by atoms with van der Waals surface area (Å²) in [7, 11) is 0. The summed E-state index contributed by atoms with van der Waals surface area (Å²) in [6.07, 6.45) is -4.53. The molecule has 0 aliphatic heterocycles. The summed E-state index contributed by atoms with van der Waals surface area (Å²) >= 11 is 1.83. The van der Waals surface area contributed by atoms with E-state index in [-0.39, 0.29) is 11.1 Å². The number of rotatable bonds is 3. The van der Waals surface area contributed by atoms with Crippen LogP contribution in [0.15, 0.2) is 73.5 Å². The van der Waals surface area contributed by atoms with Gasteiger partial charge in [-0.05, 0) is 36.0 Å². The molecule has 2 aromatic heterocycles. The highest BCUT2D eigenvalue weighted by molar-refractivity contribution is 8.15. The highest BCUT2D eigenvalue weighted by Gasteiger charge is 2.31. The number of nitrogens with zero attached hydrogens (tertiary/aromatic N) is 1. The number of hydrogen-bond donors (Lipinski definition) is 0. The summed E-state index contributed by atoms with van der Waals surface area (Å²) < 4.78 is 44.1. The molecule has 0 saturated carbocycles. The van der Waals surface area contributed by atoms with Gasteiger partial charge in [0.05, 0.1) is 16.8 Å². The second-order valence-electron chi connectivity index (χ2n) is 5.95. The summed E-state index contributed by atoms with van der Waals surface area (Å²) in [5.41, 5.74) is -0.489. The predicted octanol–water partition coefficient (Wildman–Crippen LogP) is 5.87. The Balaban J connectivity index is 1.60. The van der Waals surface area contributed by atoms with Crippen LogP contribution >= 0.6 is 23.1 Å². The average Bonchev–Trinajstić information content (AvgIpc) is 3.15. The number of benzene rings is 2. The molecule has 0 saturated heterocycles. The molecule has 0 bridgehead atoms. The summed E-state index contributed by atoms with van der Waals surface area (Å²) in [6, 6.07) is 12.9. The molecule has 29 heavy (non-hydrogen) atoms. The first-order valence-corrected chi connectivity index (χ1v) is 9.89. The highest BCUT2D eigenvalue weighted by Crippen LogP contribution is 2.33. The van der Waals surface area contributed by atoms with Crippen LogP contribution in [0, 0.1) is 0 Å². The van der Waals surface area contributed by atoms with Crippen LogP contribution in [-0.2, 0) is 6.18 Å². The molecule has 4 aromatic rings. The molecule has 0 aliphatic carbocycles. The van der Waals surface area contributed by atoms with E-state index in [1.807, 2.05) is 6.07 Å². The van der Waals surface area contributed by atoms with Gasteiger partial charge >= 0.3 is 11.8 Å². The number of carbonyl (C=O) groups excluding carboxylic acids is 1. The van der Waals surface area contributed by atoms with Crippen molar-refractivity contribution in [1.29, 1.82) is 0 Å². The molecule has 0 atom stereocenters. The maximum Gasteiger partial charge on any atom is 0.416 e. The number of hydrogen-bond acceptors (Lipinski definition) is 6. The first-order valence-electron chi connectivity index (χ1n) is 8.19. The number of aromatic nitrogens is 1. The average molecular weight is 433 g/mol. The van der Waals surface area contributed by atoms with E-state index in [9.17, 15) is 22.8 Å². The van der Waals surface area contributed by atoms with Gasteiger partial charge in [-0.1, -0.05) is 30.3 Å². The fraction of sp³-hybridized carbons (Fsp3) is 0.0500. The minimum absolute atomic E-state index is 0.0770. The van der Waals surface area contributed by atoms with E-state index in [2.05, 4.69) is 4.98 Å². The van der Waals surface area contributed by atoms with Crippen molar-refractivity contribution in [2.75, 3.05) is 0 Å². The lowest BCUT2D eigenvalue weighted by molar-refractivity contribution is -0.137. The van der Waals surface area contributed by atoms with E-state index in [1.54, 1.807) is 29.6 Å². The molecule has 0 N–H and O–H groups in total. The van der Waals surface area contributed by atoms with Crippen LogP contribution in [0.4, 0.5) is 13.2 Å². The van der Waals surface area contributed by atoms with Gasteiger partial charge in [0.2, 0.25) is 5.12 Å². The van der Waals surface area contributed by atoms with Crippen molar-refractivity contribution in [3.05, 3.63) is 81.5 Å². The first kappa shape index (κ1) is 19.4. The largest absolute Gasteiger partial charge is 0.422 e. The van der Waals surface area contributed by atoms with Gasteiger partial charge in [-0.3, -0.25) is 4.79 Å². The van der Waals surface area contributed by atoms with E-state index >= 15 is 0 Å². The Morgan fingerprint density at radius 3 is 2.66 bits per heavy atom. The number of alkyl halides is 3. The van der Waals surface area contributed by atoms with Crippen molar-refractivity contribution in [3.63, 3.8) is 0 Å². The summed E-state index contributed by atoms with van der Waals surface area (Å²) in [4.78, 5) is 28.9. The number of thioether (sulfide) groups is 1. The zero-order valence-electron chi connectivity index (χ0n) is 14.4. The molecular weight excluding hydrogens is 423 g/mol. The normalized spacial score (nSPS) is 11.7. The lowest BCUT2D eigenvalue weighted by Gasteiger charge is -2.07. The molecule has 146 valence electrons. The molecule has 0 radical (unpaired) electrons. The fourth-order valence-corrected chi connectivity index (χ4v) is 4.28. The van der Waals surface area contributed by atoms with E-state index < -0.39 is 22.5 Å². The summed E-state index contributed by atoms with van der Waals surface area (Å²) in [6.45, 7) is 0. The second-order valence-corrected chi connectivity index (χ2v) is 8.03. The SMILES string of the molecule is O=C(Sc1nc(-c2cc3ccccc3oc2=O)cs1)c1cccc(C(F)(F)F)c1.